The first-order valence-corrected chi connectivity index (χ1v) is 9.33. The minimum atomic E-state index is -4.40. The highest BCUT2D eigenvalue weighted by atomic mass is 19.4. The Balaban J connectivity index is 1.56. The lowest BCUT2D eigenvalue weighted by Crippen LogP contribution is -2.35. The molecule has 0 bridgehead atoms. The van der Waals surface area contributed by atoms with Gasteiger partial charge in [-0.25, -0.2) is 0 Å². The molecule has 2 aromatic heterocycles. The third kappa shape index (κ3) is 3.90. The fourth-order valence-electron chi connectivity index (χ4n) is 3.64. The van der Waals surface area contributed by atoms with E-state index >= 15 is 0 Å². The van der Waals surface area contributed by atoms with Crippen LogP contribution in [0.2, 0.25) is 0 Å². The molecule has 1 aliphatic rings. The SMILES string of the molecule is Cn1ccc(C(=O)N2CCCN(c3ccnc4cc(C(F)(F)F)ccc34)CC2)n1. The van der Waals surface area contributed by atoms with E-state index in [1.165, 1.54) is 12.3 Å². The molecule has 3 aromatic rings. The summed E-state index contributed by atoms with van der Waals surface area (Å²) in [5.41, 5.74) is 0.839. The minimum absolute atomic E-state index is 0.109. The van der Waals surface area contributed by atoms with Crippen LogP contribution in [0.15, 0.2) is 42.7 Å². The van der Waals surface area contributed by atoms with Gasteiger partial charge in [-0.05, 0) is 30.7 Å². The number of aryl methyl sites for hydroxylation is 1. The number of halogens is 3. The first kappa shape index (κ1) is 19.2. The largest absolute Gasteiger partial charge is 0.416 e. The van der Waals surface area contributed by atoms with Crippen LogP contribution >= 0.6 is 0 Å². The average molecular weight is 403 g/mol. The summed E-state index contributed by atoms with van der Waals surface area (Å²) >= 11 is 0. The van der Waals surface area contributed by atoms with Crippen molar-refractivity contribution in [2.75, 3.05) is 31.1 Å². The molecule has 0 unspecified atom stereocenters. The quantitative estimate of drug-likeness (QED) is 0.659. The Kier molecular flexibility index (Phi) is 4.89. The van der Waals surface area contributed by atoms with Crippen molar-refractivity contribution >= 4 is 22.5 Å². The van der Waals surface area contributed by atoms with Crippen LogP contribution < -0.4 is 4.90 Å². The highest BCUT2D eigenvalue weighted by Gasteiger charge is 2.31. The van der Waals surface area contributed by atoms with E-state index < -0.39 is 11.7 Å². The van der Waals surface area contributed by atoms with Gasteiger partial charge in [0.05, 0.1) is 11.1 Å². The van der Waals surface area contributed by atoms with Gasteiger partial charge in [0.1, 0.15) is 5.69 Å². The summed E-state index contributed by atoms with van der Waals surface area (Å²) in [6, 6.07) is 7.14. The summed E-state index contributed by atoms with van der Waals surface area (Å²) < 4.78 is 40.6. The number of aromatic nitrogens is 3. The molecule has 152 valence electrons. The Morgan fingerprint density at radius 3 is 2.62 bits per heavy atom. The molecule has 1 aliphatic heterocycles. The topological polar surface area (TPSA) is 54.3 Å². The summed E-state index contributed by atoms with van der Waals surface area (Å²) in [4.78, 5) is 20.7. The predicted molar refractivity (Wildman–Crippen MR) is 103 cm³/mol. The number of amides is 1. The van der Waals surface area contributed by atoms with Crippen LogP contribution in [0.1, 0.15) is 22.5 Å². The molecule has 6 nitrogen and oxygen atoms in total. The van der Waals surface area contributed by atoms with Gasteiger partial charge in [-0.15, -0.1) is 0 Å². The summed E-state index contributed by atoms with van der Waals surface area (Å²) in [5.74, 6) is -0.109. The molecule has 0 spiro atoms. The maximum absolute atomic E-state index is 13.0. The lowest BCUT2D eigenvalue weighted by atomic mass is 10.1. The Morgan fingerprint density at radius 2 is 1.90 bits per heavy atom. The highest BCUT2D eigenvalue weighted by molar-refractivity contribution is 5.93. The molecular formula is C20H20F3N5O. The fourth-order valence-corrected chi connectivity index (χ4v) is 3.64. The van der Waals surface area contributed by atoms with Crippen molar-refractivity contribution < 1.29 is 18.0 Å². The lowest BCUT2D eigenvalue weighted by molar-refractivity contribution is -0.137. The number of carbonyl (C=O) groups is 1. The standard InChI is InChI=1S/C20H20F3N5O/c1-26-10-6-16(25-26)19(29)28-9-2-8-27(11-12-28)18-5-7-24-17-13-14(20(21,22)23)3-4-15(17)18/h3-7,10,13H,2,8-9,11-12H2,1H3. The van der Waals surface area contributed by atoms with Crippen LogP contribution in [-0.2, 0) is 13.2 Å². The molecule has 0 saturated carbocycles. The zero-order chi connectivity index (χ0) is 20.6. The molecule has 1 amide bonds. The van der Waals surface area contributed by atoms with Gasteiger partial charge >= 0.3 is 6.18 Å². The van der Waals surface area contributed by atoms with Crippen molar-refractivity contribution in [3.05, 3.63) is 54.0 Å². The van der Waals surface area contributed by atoms with Gasteiger partial charge in [0, 0.05) is 56.7 Å². The third-order valence-electron chi connectivity index (χ3n) is 5.10. The van der Waals surface area contributed by atoms with Crippen LogP contribution in [0.4, 0.5) is 18.9 Å². The summed E-state index contributed by atoms with van der Waals surface area (Å²) in [6.45, 7) is 2.40. The number of rotatable bonds is 2. The molecule has 0 atom stereocenters. The second-order valence-corrected chi connectivity index (χ2v) is 7.07. The Morgan fingerprint density at radius 1 is 1.07 bits per heavy atom. The summed E-state index contributed by atoms with van der Waals surface area (Å²) in [6.07, 6.45) is -0.390. The molecular weight excluding hydrogens is 383 g/mol. The van der Waals surface area contributed by atoms with Gasteiger partial charge in [-0.3, -0.25) is 14.5 Å². The van der Waals surface area contributed by atoms with Crippen LogP contribution in [0, 0.1) is 0 Å². The number of pyridine rings is 1. The van der Waals surface area contributed by atoms with Gasteiger partial charge in [-0.2, -0.15) is 18.3 Å². The van der Waals surface area contributed by atoms with E-state index in [1.54, 1.807) is 28.9 Å². The van der Waals surface area contributed by atoms with E-state index in [9.17, 15) is 18.0 Å². The maximum Gasteiger partial charge on any atom is 0.416 e. The first-order valence-electron chi connectivity index (χ1n) is 9.33. The van der Waals surface area contributed by atoms with Crippen LogP contribution in [0.25, 0.3) is 10.9 Å². The zero-order valence-electron chi connectivity index (χ0n) is 15.9. The number of fused-ring (bicyclic) bond motifs is 1. The van der Waals surface area contributed by atoms with Crippen LogP contribution in [0.3, 0.4) is 0 Å². The molecule has 0 aliphatic carbocycles. The summed E-state index contributed by atoms with van der Waals surface area (Å²) in [7, 11) is 1.76. The second-order valence-electron chi connectivity index (χ2n) is 7.07. The van der Waals surface area contributed by atoms with Crippen molar-refractivity contribution in [2.24, 2.45) is 7.05 Å². The number of hydrogen-bond donors (Lipinski definition) is 0. The predicted octanol–water partition coefficient (Wildman–Crippen LogP) is 3.34. The minimum Gasteiger partial charge on any atom is -0.369 e. The lowest BCUT2D eigenvalue weighted by Gasteiger charge is -2.25. The second kappa shape index (κ2) is 7.38. The third-order valence-corrected chi connectivity index (χ3v) is 5.10. The average Bonchev–Trinajstić information content (AvgIpc) is 2.98. The van der Waals surface area contributed by atoms with Crippen molar-refractivity contribution in [1.29, 1.82) is 0 Å². The maximum atomic E-state index is 13.0. The van der Waals surface area contributed by atoms with Gasteiger partial charge < -0.3 is 9.80 Å². The van der Waals surface area contributed by atoms with E-state index in [-0.39, 0.29) is 5.91 Å². The number of nitrogens with zero attached hydrogens (tertiary/aromatic N) is 5. The smallest absolute Gasteiger partial charge is 0.369 e. The normalized spacial score (nSPS) is 15.6. The molecule has 1 saturated heterocycles. The molecule has 0 N–H and O–H groups in total. The van der Waals surface area contributed by atoms with E-state index in [0.717, 1.165) is 24.2 Å². The van der Waals surface area contributed by atoms with Crippen molar-refractivity contribution in [3.8, 4) is 0 Å². The number of hydrogen-bond acceptors (Lipinski definition) is 4. The highest BCUT2D eigenvalue weighted by Crippen LogP contribution is 2.33. The number of benzene rings is 1. The molecule has 3 heterocycles. The fraction of sp³-hybridized carbons (Fsp3) is 0.350. The van der Waals surface area contributed by atoms with Crippen LogP contribution in [0.5, 0.6) is 0 Å². The Labute approximate surface area is 165 Å². The van der Waals surface area contributed by atoms with Gasteiger partial charge in [0.2, 0.25) is 0 Å². The van der Waals surface area contributed by atoms with Crippen molar-refractivity contribution in [2.45, 2.75) is 12.6 Å². The van der Waals surface area contributed by atoms with E-state index in [0.29, 0.717) is 42.8 Å². The van der Waals surface area contributed by atoms with Crippen molar-refractivity contribution in [1.82, 2.24) is 19.7 Å². The van der Waals surface area contributed by atoms with Crippen molar-refractivity contribution in [3.63, 3.8) is 0 Å². The van der Waals surface area contributed by atoms with Gasteiger partial charge in [0.15, 0.2) is 0 Å². The summed E-state index contributed by atoms with van der Waals surface area (Å²) in [5, 5.41) is 4.85. The number of anilines is 1. The molecule has 0 radical (unpaired) electrons. The molecule has 4 rings (SSSR count). The van der Waals surface area contributed by atoms with Crippen LogP contribution in [-0.4, -0.2) is 51.8 Å². The van der Waals surface area contributed by atoms with Gasteiger partial charge in [-0.1, -0.05) is 6.07 Å². The molecule has 29 heavy (non-hydrogen) atoms. The molecule has 1 fully saturated rings. The molecule has 1 aromatic carbocycles. The Bertz CT molecular complexity index is 1050. The number of alkyl halides is 3. The number of carbonyl (C=O) groups excluding carboxylic acids is 1. The zero-order valence-corrected chi connectivity index (χ0v) is 15.9. The van der Waals surface area contributed by atoms with Gasteiger partial charge in [0.25, 0.3) is 5.91 Å². The van der Waals surface area contributed by atoms with E-state index in [1.807, 2.05) is 6.07 Å². The van der Waals surface area contributed by atoms with E-state index in [4.69, 9.17) is 0 Å². The molecule has 9 heteroatoms. The first-order chi connectivity index (χ1) is 13.8. The Hall–Kier alpha value is -3.10. The van der Waals surface area contributed by atoms with E-state index in [2.05, 4.69) is 15.0 Å². The monoisotopic (exact) mass is 403 g/mol.